The van der Waals surface area contributed by atoms with Gasteiger partial charge in [-0.3, -0.25) is 0 Å². The number of benzene rings is 3. The van der Waals surface area contributed by atoms with Crippen LogP contribution in [0.4, 0.5) is 4.39 Å². The van der Waals surface area contributed by atoms with Gasteiger partial charge in [-0.05, 0) is 33.5 Å². The van der Waals surface area contributed by atoms with Crippen molar-refractivity contribution in [2.45, 2.75) is 26.2 Å². The van der Waals surface area contributed by atoms with Crippen LogP contribution in [0.15, 0.2) is 91.1 Å². The third-order valence-corrected chi connectivity index (χ3v) is 7.35. The van der Waals surface area contributed by atoms with Crippen molar-refractivity contribution < 1.29 is 13.9 Å². The summed E-state index contributed by atoms with van der Waals surface area (Å²) in [5.74, 6) is -0.221. The molecule has 0 aliphatic rings. The SMILES string of the molecule is CC(C)(C)c1ccc(-c2ncc(O)cc2F)c(O[Si](c2ccccc2)c2ccccc2)c1. The number of pyridine rings is 1. The van der Waals surface area contributed by atoms with Crippen LogP contribution in [0, 0.1) is 5.82 Å². The molecule has 0 unspecified atom stereocenters. The zero-order valence-corrected chi connectivity index (χ0v) is 19.3. The fraction of sp³-hybridized carbons (Fsp3) is 0.148. The zero-order chi connectivity index (χ0) is 22.7. The van der Waals surface area contributed by atoms with Gasteiger partial charge in [-0.2, -0.15) is 0 Å². The first-order valence-corrected chi connectivity index (χ1v) is 11.9. The molecule has 0 saturated heterocycles. The summed E-state index contributed by atoms with van der Waals surface area (Å²) in [7, 11) is -1.66. The molecule has 1 N–H and O–H groups in total. The molecular weight excluding hydrogens is 417 g/mol. The number of hydrogen-bond donors (Lipinski definition) is 1. The monoisotopic (exact) mass is 442 g/mol. The molecule has 0 saturated carbocycles. The Morgan fingerprint density at radius 3 is 1.97 bits per heavy atom. The highest BCUT2D eigenvalue weighted by Gasteiger charge is 2.25. The summed E-state index contributed by atoms with van der Waals surface area (Å²) in [5.41, 5.74) is 1.69. The summed E-state index contributed by atoms with van der Waals surface area (Å²) in [6.45, 7) is 6.39. The summed E-state index contributed by atoms with van der Waals surface area (Å²) in [4.78, 5) is 4.16. The molecule has 0 fully saturated rings. The molecule has 161 valence electrons. The van der Waals surface area contributed by atoms with Crippen molar-refractivity contribution in [2.75, 3.05) is 0 Å². The van der Waals surface area contributed by atoms with Crippen LogP contribution in [0.25, 0.3) is 11.3 Å². The van der Waals surface area contributed by atoms with Gasteiger partial charge in [0.25, 0.3) is 0 Å². The van der Waals surface area contributed by atoms with E-state index in [2.05, 4.69) is 50.0 Å². The number of aromatic hydroxyl groups is 1. The molecule has 0 amide bonds. The van der Waals surface area contributed by atoms with Gasteiger partial charge in [-0.25, -0.2) is 9.37 Å². The van der Waals surface area contributed by atoms with E-state index in [1.54, 1.807) is 0 Å². The van der Waals surface area contributed by atoms with Crippen molar-refractivity contribution in [3.63, 3.8) is 0 Å². The highest BCUT2D eigenvalue weighted by Crippen LogP contribution is 2.36. The second-order valence-corrected chi connectivity index (χ2v) is 10.7. The fourth-order valence-electron chi connectivity index (χ4n) is 3.47. The second-order valence-electron chi connectivity index (χ2n) is 8.65. The van der Waals surface area contributed by atoms with Crippen molar-refractivity contribution in [3.05, 3.63) is 103 Å². The lowest BCUT2D eigenvalue weighted by atomic mass is 9.86. The zero-order valence-electron chi connectivity index (χ0n) is 18.3. The molecule has 3 nitrogen and oxygen atoms in total. The fourth-order valence-corrected chi connectivity index (χ4v) is 5.42. The van der Waals surface area contributed by atoms with E-state index in [1.165, 1.54) is 6.20 Å². The summed E-state index contributed by atoms with van der Waals surface area (Å²) >= 11 is 0. The number of nitrogens with zero attached hydrogens (tertiary/aromatic N) is 1. The van der Waals surface area contributed by atoms with Crippen molar-refractivity contribution in [1.29, 1.82) is 0 Å². The van der Waals surface area contributed by atoms with Crippen molar-refractivity contribution in [3.8, 4) is 22.8 Å². The van der Waals surface area contributed by atoms with E-state index in [0.717, 1.165) is 22.0 Å². The van der Waals surface area contributed by atoms with Crippen LogP contribution in [-0.2, 0) is 5.41 Å². The Morgan fingerprint density at radius 1 is 0.844 bits per heavy atom. The Kier molecular flexibility index (Phi) is 6.10. The minimum Gasteiger partial charge on any atom is -0.532 e. The van der Waals surface area contributed by atoms with Crippen molar-refractivity contribution in [2.24, 2.45) is 0 Å². The summed E-state index contributed by atoms with van der Waals surface area (Å²) < 4.78 is 21.5. The second kappa shape index (κ2) is 8.97. The van der Waals surface area contributed by atoms with Crippen LogP contribution < -0.4 is 14.8 Å². The van der Waals surface area contributed by atoms with E-state index in [1.807, 2.05) is 54.6 Å². The van der Waals surface area contributed by atoms with E-state index in [4.69, 9.17) is 4.43 Å². The largest absolute Gasteiger partial charge is 0.532 e. The topological polar surface area (TPSA) is 42.4 Å². The minimum atomic E-state index is -1.66. The predicted molar refractivity (Wildman–Crippen MR) is 129 cm³/mol. The molecule has 0 aliphatic carbocycles. The molecule has 3 aromatic carbocycles. The summed E-state index contributed by atoms with van der Waals surface area (Å²) in [6, 6.07) is 27.1. The number of rotatable bonds is 5. The van der Waals surface area contributed by atoms with E-state index in [-0.39, 0.29) is 16.9 Å². The Hall–Kier alpha value is -3.44. The smallest absolute Gasteiger partial charge is 0.352 e. The maximum absolute atomic E-state index is 14.8. The van der Waals surface area contributed by atoms with Crippen LogP contribution in [0.2, 0.25) is 0 Å². The van der Waals surface area contributed by atoms with E-state index >= 15 is 0 Å². The van der Waals surface area contributed by atoms with Crippen molar-refractivity contribution in [1.82, 2.24) is 4.98 Å². The van der Waals surface area contributed by atoms with Gasteiger partial charge in [0.2, 0.25) is 0 Å². The Bertz CT molecular complexity index is 1170. The van der Waals surface area contributed by atoms with Gasteiger partial charge in [0.15, 0.2) is 5.82 Å². The lowest BCUT2D eigenvalue weighted by Gasteiger charge is -2.24. The van der Waals surface area contributed by atoms with E-state index in [0.29, 0.717) is 11.3 Å². The Labute approximate surface area is 189 Å². The molecule has 0 atom stereocenters. The van der Waals surface area contributed by atoms with Gasteiger partial charge < -0.3 is 9.53 Å². The maximum atomic E-state index is 14.8. The minimum absolute atomic E-state index is 0.107. The number of aromatic nitrogens is 1. The predicted octanol–water partition coefficient (Wildman–Crippen LogP) is 5.08. The Morgan fingerprint density at radius 2 is 1.44 bits per heavy atom. The maximum Gasteiger partial charge on any atom is 0.352 e. The van der Waals surface area contributed by atoms with Gasteiger partial charge in [0.05, 0.1) is 6.20 Å². The lowest BCUT2D eigenvalue weighted by molar-refractivity contribution is 0.466. The van der Waals surface area contributed by atoms with Crippen LogP contribution in [0.3, 0.4) is 0 Å². The molecule has 1 aromatic heterocycles. The van der Waals surface area contributed by atoms with Crippen LogP contribution in [-0.4, -0.2) is 19.1 Å². The van der Waals surface area contributed by atoms with Crippen LogP contribution >= 0.6 is 0 Å². The average molecular weight is 443 g/mol. The molecule has 4 rings (SSSR count). The summed E-state index contributed by atoms with van der Waals surface area (Å²) in [5, 5.41) is 11.8. The lowest BCUT2D eigenvalue weighted by Crippen LogP contribution is -2.47. The number of halogens is 1. The molecular formula is C27H25FNO2Si. The van der Waals surface area contributed by atoms with Gasteiger partial charge in [-0.1, -0.05) is 87.5 Å². The Balaban J connectivity index is 1.87. The van der Waals surface area contributed by atoms with Crippen LogP contribution in [0.5, 0.6) is 11.5 Å². The van der Waals surface area contributed by atoms with Gasteiger partial charge >= 0.3 is 9.04 Å². The van der Waals surface area contributed by atoms with Crippen LogP contribution in [0.1, 0.15) is 26.3 Å². The van der Waals surface area contributed by atoms with E-state index in [9.17, 15) is 9.50 Å². The molecule has 0 spiro atoms. The number of hydrogen-bond acceptors (Lipinski definition) is 3. The molecule has 1 heterocycles. The standard InChI is InChI=1S/C27H25FNO2Si/c1-27(2,3)19-14-15-23(26-24(28)17-20(30)18-29-26)25(16-19)31-32(21-10-6-4-7-11-21)22-12-8-5-9-13-22/h4-18,30H,1-3H3. The first-order chi connectivity index (χ1) is 15.3. The molecule has 0 aliphatic heterocycles. The molecule has 5 heteroatoms. The average Bonchev–Trinajstić information content (AvgIpc) is 2.78. The molecule has 32 heavy (non-hydrogen) atoms. The highest BCUT2D eigenvalue weighted by atomic mass is 28.3. The van der Waals surface area contributed by atoms with Gasteiger partial charge in [0, 0.05) is 11.6 Å². The normalized spacial score (nSPS) is 11.5. The highest BCUT2D eigenvalue weighted by molar-refractivity contribution is 6.80. The molecule has 0 bridgehead atoms. The van der Waals surface area contributed by atoms with Gasteiger partial charge in [0.1, 0.15) is 17.2 Å². The third-order valence-electron chi connectivity index (χ3n) is 5.21. The van der Waals surface area contributed by atoms with Crippen molar-refractivity contribution >= 4 is 19.4 Å². The molecule has 4 aromatic rings. The quantitative estimate of drug-likeness (QED) is 0.439. The summed E-state index contributed by atoms with van der Waals surface area (Å²) in [6.07, 6.45) is 1.25. The first kappa shape index (κ1) is 21.8. The van der Waals surface area contributed by atoms with E-state index < -0.39 is 14.9 Å². The molecule has 1 radical (unpaired) electrons. The third kappa shape index (κ3) is 4.73. The van der Waals surface area contributed by atoms with Gasteiger partial charge in [-0.15, -0.1) is 0 Å². The first-order valence-electron chi connectivity index (χ1n) is 10.5.